The fraction of sp³-hybridized carbons (Fsp3) is 0.316. The number of aromatic amines is 1. The van der Waals surface area contributed by atoms with E-state index in [9.17, 15) is 14.4 Å². The molecule has 1 aromatic heterocycles. The van der Waals surface area contributed by atoms with Crippen LogP contribution in [0.3, 0.4) is 0 Å². The summed E-state index contributed by atoms with van der Waals surface area (Å²) in [6, 6.07) is 9.28. The first-order valence-corrected chi connectivity index (χ1v) is 8.44. The normalized spacial score (nSPS) is 15.0. The Morgan fingerprint density at radius 2 is 1.96 bits per heavy atom. The third-order valence-electron chi connectivity index (χ3n) is 4.82. The van der Waals surface area contributed by atoms with Crippen molar-refractivity contribution >= 4 is 17.6 Å². The molecule has 0 fully saturated rings. The van der Waals surface area contributed by atoms with Crippen molar-refractivity contribution in [2.24, 2.45) is 0 Å². The molecule has 2 aromatic rings. The van der Waals surface area contributed by atoms with E-state index in [0.717, 1.165) is 48.2 Å². The van der Waals surface area contributed by atoms with E-state index in [1.54, 1.807) is 11.0 Å². The van der Waals surface area contributed by atoms with E-state index in [0.29, 0.717) is 6.54 Å². The van der Waals surface area contributed by atoms with Crippen molar-refractivity contribution in [3.05, 3.63) is 63.1 Å². The number of anilines is 1. The van der Waals surface area contributed by atoms with Crippen LogP contribution in [0.1, 0.15) is 33.6 Å². The molecule has 128 valence electrons. The average Bonchev–Trinajstić information content (AvgIpc) is 3.24. The summed E-state index contributed by atoms with van der Waals surface area (Å²) in [5.74, 6) is -1.03. The van der Waals surface area contributed by atoms with Gasteiger partial charge in [0.15, 0.2) is 6.61 Å². The second-order valence-corrected chi connectivity index (χ2v) is 6.37. The number of benzene rings is 1. The summed E-state index contributed by atoms with van der Waals surface area (Å²) in [5, 5.41) is 0. The third kappa shape index (κ3) is 2.84. The Hall–Kier alpha value is -2.89. The van der Waals surface area contributed by atoms with Crippen LogP contribution in [0, 0.1) is 0 Å². The van der Waals surface area contributed by atoms with Gasteiger partial charge in [-0.1, -0.05) is 18.2 Å². The molecular formula is C19H18N2O4. The largest absolute Gasteiger partial charge is 0.452 e. The quantitative estimate of drug-likeness (QED) is 0.863. The molecule has 1 N–H and O–H groups in total. The van der Waals surface area contributed by atoms with Gasteiger partial charge in [-0.15, -0.1) is 0 Å². The number of aryl methyl sites for hydroxylation is 2. The molecule has 0 bridgehead atoms. The van der Waals surface area contributed by atoms with Gasteiger partial charge in [-0.05, 0) is 48.9 Å². The number of H-pyrrole nitrogens is 1. The Morgan fingerprint density at radius 3 is 2.84 bits per heavy atom. The van der Waals surface area contributed by atoms with Crippen molar-refractivity contribution in [1.82, 2.24) is 4.98 Å². The van der Waals surface area contributed by atoms with Gasteiger partial charge in [0.2, 0.25) is 0 Å². The topological polar surface area (TPSA) is 79.5 Å². The van der Waals surface area contributed by atoms with Crippen LogP contribution in [-0.4, -0.2) is 30.0 Å². The van der Waals surface area contributed by atoms with Gasteiger partial charge in [0.1, 0.15) is 5.56 Å². The Bertz CT molecular complexity index is 916. The zero-order valence-corrected chi connectivity index (χ0v) is 13.7. The second kappa shape index (κ2) is 6.20. The van der Waals surface area contributed by atoms with Gasteiger partial charge in [-0.2, -0.15) is 0 Å². The van der Waals surface area contributed by atoms with Crippen LogP contribution >= 0.6 is 0 Å². The molecule has 6 heteroatoms. The predicted octanol–water partition coefficient (Wildman–Crippen LogP) is 1.61. The molecule has 1 aliphatic carbocycles. The van der Waals surface area contributed by atoms with Crippen LogP contribution in [0.5, 0.6) is 0 Å². The highest BCUT2D eigenvalue weighted by molar-refractivity contribution is 5.98. The van der Waals surface area contributed by atoms with Crippen LogP contribution < -0.4 is 10.5 Å². The van der Waals surface area contributed by atoms with E-state index in [4.69, 9.17) is 4.74 Å². The van der Waals surface area contributed by atoms with E-state index in [1.165, 1.54) is 0 Å². The summed E-state index contributed by atoms with van der Waals surface area (Å²) < 4.78 is 5.11. The minimum atomic E-state index is -0.753. The lowest BCUT2D eigenvalue weighted by molar-refractivity contribution is -0.121. The van der Waals surface area contributed by atoms with Gasteiger partial charge >= 0.3 is 5.97 Å². The van der Waals surface area contributed by atoms with E-state index in [2.05, 4.69) is 4.98 Å². The van der Waals surface area contributed by atoms with Crippen LogP contribution in [0.2, 0.25) is 0 Å². The number of fused-ring (bicyclic) bond motifs is 2. The van der Waals surface area contributed by atoms with Crippen molar-refractivity contribution in [2.45, 2.75) is 25.7 Å². The molecule has 2 aliphatic rings. The Morgan fingerprint density at radius 1 is 1.12 bits per heavy atom. The zero-order chi connectivity index (χ0) is 17.4. The predicted molar refractivity (Wildman–Crippen MR) is 91.9 cm³/mol. The number of ether oxygens (including phenoxy) is 1. The number of rotatable bonds is 3. The van der Waals surface area contributed by atoms with E-state index in [-0.39, 0.29) is 18.1 Å². The summed E-state index contributed by atoms with van der Waals surface area (Å²) in [4.78, 5) is 41.0. The first kappa shape index (κ1) is 15.6. The van der Waals surface area contributed by atoms with Gasteiger partial charge in [0.05, 0.1) is 0 Å². The highest BCUT2D eigenvalue weighted by Gasteiger charge is 2.26. The Balaban J connectivity index is 1.45. The first-order chi connectivity index (χ1) is 12.1. The monoisotopic (exact) mass is 338 g/mol. The standard InChI is InChI=1S/C19H18N2O4/c22-17(21-9-8-12-4-1-2-7-16(12)21)11-25-19(24)14-10-13-5-3-6-15(13)20-18(14)23/h1-2,4,7,10H,3,5-6,8-9,11H2,(H,20,23). The van der Waals surface area contributed by atoms with Gasteiger partial charge < -0.3 is 14.6 Å². The van der Waals surface area contributed by atoms with Crippen molar-refractivity contribution in [3.63, 3.8) is 0 Å². The first-order valence-electron chi connectivity index (χ1n) is 8.44. The lowest BCUT2D eigenvalue weighted by atomic mass is 10.1. The Labute approximate surface area is 144 Å². The third-order valence-corrected chi connectivity index (χ3v) is 4.82. The molecule has 6 nitrogen and oxygen atoms in total. The molecule has 0 radical (unpaired) electrons. The van der Waals surface area contributed by atoms with Crippen LogP contribution in [0.15, 0.2) is 35.1 Å². The van der Waals surface area contributed by atoms with Crippen LogP contribution in [-0.2, 0) is 28.8 Å². The van der Waals surface area contributed by atoms with Crippen molar-refractivity contribution in [2.75, 3.05) is 18.1 Å². The molecule has 0 saturated heterocycles. The average molecular weight is 338 g/mol. The van der Waals surface area contributed by atoms with Crippen molar-refractivity contribution < 1.29 is 14.3 Å². The fourth-order valence-corrected chi connectivity index (χ4v) is 3.55. The van der Waals surface area contributed by atoms with Gasteiger partial charge in [0, 0.05) is 17.9 Å². The molecular weight excluding hydrogens is 320 g/mol. The fourth-order valence-electron chi connectivity index (χ4n) is 3.55. The van der Waals surface area contributed by atoms with Gasteiger partial charge in [0.25, 0.3) is 11.5 Å². The van der Waals surface area contributed by atoms with E-state index >= 15 is 0 Å². The highest BCUT2D eigenvalue weighted by Crippen LogP contribution is 2.27. The number of esters is 1. The number of nitrogens with zero attached hydrogens (tertiary/aromatic N) is 1. The van der Waals surface area contributed by atoms with Crippen molar-refractivity contribution in [1.29, 1.82) is 0 Å². The molecule has 0 saturated carbocycles. The molecule has 4 rings (SSSR count). The summed E-state index contributed by atoms with van der Waals surface area (Å²) >= 11 is 0. The zero-order valence-electron chi connectivity index (χ0n) is 13.7. The molecule has 25 heavy (non-hydrogen) atoms. The number of nitrogens with one attached hydrogen (secondary N) is 1. The molecule has 0 spiro atoms. The molecule has 1 aliphatic heterocycles. The number of para-hydroxylation sites is 1. The summed E-state index contributed by atoms with van der Waals surface area (Å²) in [6.45, 7) is 0.207. The molecule has 2 heterocycles. The number of carbonyl (C=O) groups is 2. The number of amides is 1. The number of hydrogen-bond donors (Lipinski definition) is 1. The Kier molecular flexibility index (Phi) is 3.87. The lowest BCUT2D eigenvalue weighted by Gasteiger charge is -2.17. The summed E-state index contributed by atoms with van der Waals surface area (Å²) in [5.41, 5.74) is 3.36. The maximum Gasteiger partial charge on any atom is 0.344 e. The molecule has 0 atom stereocenters. The van der Waals surface area contributed by atoms with Crippen LogP contribution in [0.4, 0.5) is 5.69 Å². The summed E-state index contributed by atoms with van der Waals surface area (Å²) in [6.07, 6.45) is 3.43. The lowest BCUT2D eigenvalue weighted by Crippen LogP contribution is -2.34. The SMILES string of the molecule is O=C(OCC(=O)N1CCc2ccccc21)c1cc2c([nH]c1=O)CCC2. The van der Waals surface area contributed by atoms with Gasteiger partial charge in [-0.3, -0.25) is 9.59 Å². The number of carbonyl (C=O) groups excluding carboxylic acids is 2. The highest BCUT2D eigenvalue weighted by atomic mass is 16.5. The van der Waals surface area contributed by atoms with E-state index < -0.39 is 11.5 Å². The minimum Gasteiger partial charge on any atom is -0.452 e. The van der Waals surface area contributed by atoms with Gasteiger partial charge in [-0.25, -0.2) is 4.79 Å². The number of aromatic nitrogens is 1. The van der Waals surface area contributed by atoms with Crippen LogP contribution in [0.25, 0.3) is 0 Å². The second-order valence-electron chi connectivity index (χ2n) is 6.37. The van der Waals surface area contributed by atoms with E-state index in [1.807, 2.05) is 24.3 Å². The summed E-state index contributed by atoms with van der Waals surface area (Å²) in [7, 11) is 0. The maximum atomic E-state index is 12.4. The van der Waals surface area contributed by atoms with Crippen molar-refractivity contribution in [3.8, 4) is 0 Å². The number of hydrogen-bond acceptors (Lipinski definition) is 4. The maximum absolute atomic E-state index is 12.4. The molecule has 1 amide bonds. The minimum absolute atomic E-state index is 0.0322. The molecule has 0 unspecified atom stereocenters. The molecule has 1 aromatic carbocycles. The number of pyridine rings is 1. The smallest absolute Gasteiger partial charge is 0.344 e.